The van der Waals surface area contributed by atoms with Crippen LogP contribution in [0.5, 0.6) is 0 Å². The second-order valence-electron chi connectivity index (χ2n) is 11.6. The van der Waals surface area contributed by atoms with Gasteiger partial charge in [0.1, 0.15) is 34.5 Å². The molecular formula is C30H33F2N7O4S. The van der Waals surface area contributed by atoms with Crippen molar-refractivity contribution in [1.29, 1.82) is 0 Å². The smallest absolute Gasteiger partial charge is 0.330 e. The predicted molar refractivity (Wildman–Crippen MR) is 164 cm³/mol. The van der Waals surface area contributed by atoms with Crippen LogP contribution in [0.3, 0.4) is 0 Å². The lowest BCUT2D eigenvalue weighted by Gasteiger charge is -2.35. The minimum Gasteiger partial charge on any atom is -0.367 e. The van der Waals surface area contributed by atoms with E-state index in [2.05, 4.69) is 24.6 Å². The van der Waals surface area contributed by atoms with E-state index >= 15 is 0 Å². The van der Waals surface area contributed by atoms with Gasteiger partial charge in [-0.3, -0.25) is 4.72 Å². The number of benzene rings is 2. The number of hydroxylamine groups is 2. The number of piperazine rings is 1. The van der Waals surface area contributed by atoms with Crippen molar-refractivity contribution in [2.24, 2.45) is 5.41 Å². The lowest BCUT2D eigenvalue weighted by molar-refractivity contribution is -0.201. The largest absolute Gasteiger partial charge is 0.367 e. The van der Waals surface area contributed by atoms with E-state index in [0.29, 0.717) is 54.7 Å². The summed E-state index contributed by atoms with van der Waals surface area (Å²) >= 11 is 0. The zero-order valence-electron chi connectivity index (χ0n) is 25.0. The van der Waals surface area contributed by atoms with Gasteiger partial charge in [0.15, 0.2) is 0 Å². The highest BCUT2D eigenvalue weighted by Crippen LogP contribution is 2.33. The molecule has 44 heavy (non-hydrogen) atoms. The van der Waals surface area contributed by atoms with Gasteiger partial charge in [0.2, 0.25) is 0 Å². The number of hydrogen-bond donors (Lipinski definition) is 1. The number of sulfonamides is 1. The number of carbonyl (C=O) groups excluding carboxylic acids is 1. The second kappa shape index (κ2) is 11.9. The molecule has 1 aliphatic rings. The molecule has 0 amide bonds. The van der Waals surface area contributed by atoms with Gasteiger partial charge in [0.25, 0.3) is 10.0 Å². The summed E-state index contributed by atoms with van der Waals surface area (Å²) in [5.74, 6) is -1.33. The quantitative estimate of drug-likeness (QED) is 0.315. The molecule has 11 nitrogen and oxygen atoms in total. The number of pyridine rings is 1. The Morgan fingerprint density at radius 1 is 0.955 bits per heavy atom. The van der Waals surface area contributed by atoms with Gasteiger partial charge >= 0.3 is 5.97 Å². The van der Waals surface area contributed by atoms with Crippen LogP contribution in [0.25, 0.3) is 22.0 Å². The number of nitrogens with zero attached hydrogens (tertiary/aromatic N) is 6. The van der Waals surface area contributed by atoms with Crippen molar-refractivity contribution in [2.45, 2.75) is 25.7 Å². The molecule has 0 radical (unpaired) electrons. The summed E-state index contributed by atoms with van der Waals surface area (Å²) in [7, 11) is -1.05. The van der Waals surface area contributed by atoms with Crippen LogP contribution >= 0.6 is 0 Å². The number of anilines is 3. The fraction of sp³-hybridized carbons (Fsp3) is 0.333. The Morgan fingerprint density at radius 3 is 2.34 bits per heavy atom. The molecule has 0 atom stereocenters. The predicted octanol–water partition coefficient (Wildman–Crippen LogP) is 4.46. The van der Waals surface area contributed by atoms with Crippen LogP contribution in [0, 0.1) is 17.0 Å². The molecule has 1 saturated heterocycles. The van der Waals surface area contributed by atoms with Crippen LogP contribution in [-0.4, -0.2) is 74.7 Å². The summed E-state index contributed by atoms with van der Waals surface area (Å²) in [6, 6.07) is 9.54. The fourth-order valence-electron chi connectivity index (χ4n) is 4.62. The van der Waals surface area contributed by atoms with Gasteiger partial charge in [-0.1, -0.05) is 6.07 Å². The van der Waals surface area contributed by atoms with Crippen LogP contribution in [0.15, 0.2) is 59.9 Å². The van der Waals surface area contributed by atoms with Gasteiger partial charge in [-0.05, 0) is 56.7 Å². The zero-order chi connectivity index (χ0) is 31.8. The monoisotopic (exact) mass is 625 g/mol. The van der Waals surface area contributed by atoms with Crippen molar-refractivity contribution in [1.82, 2.24) is 20.0 Å². The average Bonchev–Trinajstić information content (AvgIpc) is 2.97. The number of aromatic nitrogens is 3. The molecule has 1 fully saturated rings. The van der Waals surface area contributed by atoms with Gasteiger partial charge in [-0.25, -0.2) is 36.9 Å². The normalized spacial score (nSPS) is 14.5. The average molecular weight is 626 g/mol. The highest BCUT2D eigenvalue weighted by Gasteiger charge is 2.29. The molecular weight excluding hydrogens is 592 g/mol. The number of nitrogens with one attached hydrogen (secondary N) is 1. The van der Waals surface area contributed by atoms with Crippen LogP contribution in [-0.2, 0) is 19.7 Å². The van der Waals surface area contributed by atoms with E-state index in [1.165, 1.54) is 17.3 Å². The molecule has 232 valence electrons. The summed E-state index contributed by atoms with van der Waals surface area (Å²) in [6.45, 7) is 7.51. The Hall–Kier alpha value is -4.43. The first-order valence-corrected chi connectivity index (χ1v) is 15.3. The number of rotatable bonds is 7. The van der Waals surface area contributed by atoms with E-state index in [1.807, 2.05) is 12.1 Å². The standard InChI is InChI=1S/C30H33F2N7O4S/c1-30(2,3)29(40)43-39-12-10-38(11-13-39)27-22-14-19(6-8-24(22)34-18-35-27)20-15-26(28(33-17-20)37(4)5)44(41,42)36-25-9-7-21(31)16-23(25)32/h6-9,14-18,36H,10-13H2,1-5H3. The SMILES string of the molecule is CN(C)c1ncc(-c2ccc3ncnc(N4CCN(OC(=O)C(C)(C)C)CC4)c3c2)cc1S(=O)(=O)Nc1ccc(F)cc1F. The summed E-state index contributed by atoms with van der Waals surface area (Å²) in [5, 5.41) is 2.41. The van der Waals surface area contributed by atoms with Crippen molar-refractivity contribution in [3.05, 3.63) is 66.6 Å². The van der Waals surface area contributed by atoms with Crippen molar-refractivity contribution >= 4 is 44.2 Å². The van der Waals surface area contributed by atoms with Crippen molar-refractivity contribution < 1.29 is 26.8 Å². The highest BCUT2D eigenvalue weighted by molar-refractivity contribution is 7.92. The fourth-order valence-corrected chi connectivity index (χ4v) is 5.94. The van der Waals surface area contributed by atoms with E-state index in [4.69, 9.17) is 4.84 Å². The van der Waals surface area contributed by atoms with E-state index < -0.39 is 27.1 Å². The molecule has 4 aromatic rings. The number of hydrogen-bond acceptors (Lipinski definition) is 10. The molecule has 2 aromatic heterocycles. The lowest BCUT2D eigenvalue weighted by Crippen LogP contribution is -2.48. The molecule has 1 N–H and O–H groups in total. The molecule has 5 rings (SSSR count). The van der Waals surface area contributed by atoms with Gasteiger partial charge in [0.05, 0.1) is 29.7 Å². The Labute approximate surface area is 254 Å². The van der Waals surface area contributed by atoms with E-state index in [1.54, 1.807) is 52.2 Å². The summed E-state index contributed by atoms with van der Waals surface area (Å²) in [6.07, 6.45) is 3.04. The molecule has 14 heteroatoms. The number of carbonyl (C=O) groups is 1. The highest BCUT2D eigenvalue weighted by atomic mass is 32.2. The summed E-state index contributed by atoms with van der Waals surface area (Å²) in [5.41, 5.74) is 0.851. The molecule has 2 aromatic carbocycles. The molecule has 0 unspecified atom stereocenters. The first-order chi connectivity index (χ1) is 20.7. The first-order valence-electron chi connectivity index (χ1n) is 13.9. The zero-order valence-corrected chi connectivity index (χ0v) is 25.8. The van der Waals surface area contributed by atoms with Gasteiger partial charge < -0.3 is 14.6 Å². The molecule has 0 aliphatic carbocycles. The van der Waals surface area contributed by atoms with Crippen molar-refractivity contribution in [2.75, 3.05) is 54.8 Å². The first kappa shape index (κ1) is 31.0. The van der Waals surface area contributed by atoms with Crippen molar-refractivity contribution in [3.8, 4) is 11.1 Å². The van der Waals surface area contributed by atoms with Crippen LogP contribution < -0.4 is 14.5 Å². The molecule has 0 bridgehead atoms. The van der Waals surface area contributed by atoms with E-state index in [-0.39, 0.29) is 22.4 Å². The summed E-state index contributed by atoms with van der Waals surface area (Å²) in [4.78, 5) is 34.6. The van der Waals surface area contributed by atoms with E-state index in [9.17, 15) is 22.0 Å². The Balaban J connectivity index is 1.46. The van der Waals surface area contributed by atoms with Crippen LogP contribution in [0.4, 0.5) is 26.1 Å². The van der Waals surface area contributed by atoms with Gasteiger partial charge in [-0.2, -0.15) is 0 Å². The van der Waals surface area contributed by atoms with Gasteiger partial charge in [0, 0.05) is 50.4 Å². The molecule has 3 heterocycles. The minimum atomic E-state index is -4.34. The third-order valence-corrected chi connectivity index (χ3v) is 8.40. The molecule has 0 saturated carbocycles. The minimum absolute atomic E-state index is 0.138. The number of fused-ring (bicyclic) bond motifs is 1. The lowest BCUT2D eigenvalue weighted by atomic mass is 9.98. The molecule has 0 spiro atoms. The Bertz CT molecular complexity index is 1820. The van der Waals surface area contributed by atoms with Gasteiger partial charge in [-0.15, -0.1) is 5.06 Å². The third kappa shape index (κ3) is 6.55. The topological polar surface area (TPSA) is 121 Å². The summed E-state index contributed by atoms with van der Waals surface area (Å²) < 4.78 is 56.9. The van der Waals surface area contributed by atoms with Crippen molar-refractivity contribution in [3.63, 3.8) is 0 Å². The Kier molecular flexibility index (Phi) is 8.40. The number of halogens is 2. The Morgan fingerprint density at radius 2 is 1.68 bits per heavy atom. The maximum atomic E-state index is 14.3. The maximum absolute atomic E-state index is 14.3. The van der Waals surface area contributed by atoms with Crippen LogP contribution in [0.1, 0.15) is 20.8 Å². The van der Waals surface area contributed by atoms with E-state index in [0.717, 1.165) is 17.5 Å². The maximum Gasteiger partial charge on any atom is 0.330 e. The molecule has 1 aliphatic heterocycles. The third-order valence-electron chi connectivity index (χ3n) is 7.03. The van der Waals surface area contributed by atoms with Crippen LogP contribution in [0.2, 0.25) is 0 Å². The second-order valence-corrected chi connectivity index (χ2v) is 13.3.